The number of azide groups is 1. The summed E-state index contributed by atoms with van der Waals surface area (Å²) in [5.41, 5.74) is 14.2. The lowest BCUT2D eigenvalue weighted by Crippen LogP contribution is -2.46. The third-order valence-electron chi connectivity index (χ3n) is 6.39. The van der Waals surface area contributed by atoms with E-state index in [0.29, 0.717) is 6.42 Å². The molecule has 18 heteroatoms. The molecule has 1 unspecified atom stereocenters. The van der Waals surface area contributed by atoms with Crippen LogP contribution in [0.2, 0.25) is 0 Å². The van der Waals surface area contributed by atoms with Gasteiger partial charge in [0.1, 0.15) is 29.5 Å². The van der Waals surface area contributed by atoms with Gasteiger partial charge in [-0.1, -0.05) is 30.2 Å². The van der Waals surface area contributed by atoms with Crippen LogP contribution in [-0.4, -0.2) is 74.7 Å². The molecule has 0 bridgehead atoms. The van der Waals surface area contributed by atoms with E-state index < -0.39 is 50.3 Å². The first-order valence-electron chi connectivity index (χ1n) is 12.9. The van der Waals surface area contributed by atoms with E-state index in [-0.39, 0.29) is 35.3 Å². The van der Waals surface area contributed by atoms with Crippen LogP contribution in [0.15, 0.2) is 41.8 Å². The number of aliphatic hydroxyl groups is 1. The number of carbonyl (C=O) groups excluding carboxylic acids is 1. The summed E-state index contributed by atoms with van der Waals surface area (Å²) in [6.07, 6.45) is -1.85. The molecule has 6 atom stereocenters. The topological polar surface area (TPSA) is 231 Å². The number of hydrogen-bond donors (Lipinski definition) is 3. The number of nitrogens with one attached hydrogen (secondary N) is 1. The highest BCUT2D eigenvalue weighted by atomic mass is 31.2. The summed E-state index contributed by atoms with van der Waals surface area (Å²) >= 11 is 0. The van der Waals surface area contributed by atoms with Crippen LogP contribution in [0.1, 0.15) is 33.4 Å². The van der Waals surface area contributed by atoms with Crippen LogP contribution < -0.4 is 20.1 Å². The average molecular weight is 606 g/mol. The number of fused-ring (bicyclic) bond motifs is 1. The lowest BCUT2D eigenvalue weighted by molar-refractivity contribution is -0.145. The molecule has 1 aliphatic heterocycles. The number of aliphatic hydroxyl groups excluding tert-OH is 1. The smallest absolute Gasteiger partial charge is 0.459 e. The van der Waals surface area contributed by atoms with Crippen LogP contribution in [0.25, 0.3) is 21.6 Å². The van der Waals surface area contributed by atoms with Crippen molar-refractivity contribution in [1.29, 1.82) is 0 Å². The zero-order valence-corrected chi connectivity index (χ0v) is 24.2. The Kier molecular flexibility index (Phi) is 9.51. The molecular formula is C24H32N9O8P. The normalized spacial score (nSPS) is 24.0. The van der Waals surface area contributed by atoms with Gasteiger partial charge in [-0.05, 0) is 37.9 Å². The molecular weight excluding hydrogens is 573 g/mol. The van der Waals surface area contributed by atoms with Gasteiger partial charge < -0.3 is 29.6 Å². The standard InChI is InChI=1S/C24H32N9O8P/c1-5-11-38-21(35)14(2)30-42(36,40-15-9-7-6-8-10-15)41-18-16(12-34)39-22(24(18,3)31-32-26)33-13-27-17-19(33)28-23(25)29-20(17)37-4/h6-10,13-14,16,18,22,34H,5,11-12H2,1-4H3,(H,30,36)(H2,25,28,29)/t14?,16-,18-,22-,24-,42+/m1/s1. The van der Waals surface area contributed by atoms with Gasteiger partial charge in [0.25, 0.3) is 0 Å². The number of aromatic nitrogens is 4. The predicted octanol–water partition coefficient (Wildman–Crippen LogP) is 2.88. The van der Waals surface area contributed by atoms with E-state index >= 15 is 0 Å². The number of hydrogen-bond acceptors (Lipinski definition) is 13. The third-order valence-corrected chi connectivity index (χ3v) is 8.04. The van der Waals surface area contributed by atoms with Gasteiger partial charge in [-0.2, -0.15) is 15.1 Å². The predicted molar refractivity (Wildman–Crippen MR) is 148 cm³/mol. The van der Waals surface area contributed by atoms with E-state index in [0.717, 1.165) is 0 Å². The lowest BCUT2D eigenvalue weighted by atomic mass is 9.93. The molecule has 1 aromatic carbocycles. The Labute approximate surface area is 240 Å². The molecule has 3 heterocycles. The van der Waals surface area contributed by atoms with Gasteiger partial charge in [0, 0.05) is 4.91 Å². The van der Waals surface area contributed by atoms with Crippen LogP contribution in [0, 0.1) is 0 Å². The largest absolute Gasteiger partial charge is 0.479 e. The fraction of sp³-hybridized carbons (Fsp3) is 0.500. The molecule has 0 amide bonds. The summed E-state index contributed by atoms with van der Waals surface area (Å²) in [6.45, 7) is 4.27. The quantitative estimate of drug-likeness (QED) is 0.0837. The lowest BCUT2D eigenvalue weighted by Gasteiger charge is -2.33. The number of rotatable bonds is 13. The van der Waals surface area contributed by atoms with Gasteiger partial charge >= 0.3 is 13.7 Å². The van der Waals surface area contributed by atoms with Crippen molar-refractivity contribution in [3.8, 4) is 11.6 Å². The Morgan fingerprint density at radius 2 is 2.12 bits per heavy atom. The number of esters is 1. The number of ether oxygens (including phenoxy) is 3. The van der Waals surface area contributed by atoms with Crippen LogP contribution >= 0.6 is 7.75 Å². The first-order chi connectivity index (χ1) is 20.1. The molecule has 3 aromatic rings. The minimum absolute atomic E-state index is 0.0974. The van der Waals surface area contributed by atoms with E-state index in [1.165, 1.54) is 44.0 Å². The van der Waals surface area contributed by atoms with Gasteiger partial charge in [-0.15, -0.1) is 0 Å². The number of anilines is 1. The molecule has 1 aliphatic rings. The summed E-state index contributed by atoms with van der Waals surface area (Å²) in [6, 6.07) is 6.98. The maximum absolute atomic E-state index is 14.3. The molecule has 17 nitrogen and oxygen atoms in total. The molecule has 0 saturated carbocycles. The Morgan fingerprint density at radius 1 is 1.38 bits per heavy atom. The van der Waals surface area contributed by atoms with Crippen molar-refractivity contribution in [3.05, 3.63) is 47.1 Å². The summed E-state index contributed by atoms with van der Waals surface area (Å²) in [5, 5.41) is 16.8. The fourth-order valence-electron chi connectivity index (χ4n) is 4.44. The third kappa shape index (κ3) is 6.26. The second-order valence-electron chi connectivity index (χ2n) is 9.49. The molecule has 1 saturated heterocycles. The highest BCUT2D eigenvalue weighted by Gasteiger charge is 2.58. The Morgan fingerprint density at radius 3 is 2.76 bits per heavy atom. The van der Waals surface area contributed by atoms with Crippen LogP contribution in [-0.2, 0) is 23.4 Å². The monoisotopic (exact) mass is 605 g/mol. The maximum Gasteiger partial charge on any atom is 0.459 e. The van der Waals surface area contributed by atoms with Crippen molar-refractivity contribution in [1.82, 2.24) is 24.6 Å². The molecule has 226 valence electrons. The van der Waals surface area contributed by atoms with Crippen molar-refractivity contribution in [2.75, 3.05) is 26.1 Å². The van der Waals surface area contributed by atoms with Gasteiger partial charge in [-0.3, -0.25) is 13.9 Å². The fourth-order valence-corrected chi connectivity index (χ4v) is 6.22. The maximum atomic E-state index is 14.3. The first-order valence-corrected chi connectivity index (χ1v) is 14.5. The van der Waals surface area contributed by atoms with Gasteiger partial charge in [-0.25, -0.2) is 9.55 Å². The zero-order chi connectivity index (χ0) is 30.5. The highest BCUT2D eigenvalue weighted by molar-refractivity contribution is 7.52. The highest BCUT2D eigenvalue weighted by Crippen LogP contribution is 2.53. The number of methoxy groups -OCH3 is 1. The van der Waals surface area contributed by atoms with E-state index in [1.54, 1.807) is 18.2 Å². The van der Waals surface area contributed by atoms with Crippen LogP contribution in [0.3, 0.4) is 0 Å². The number of nitrogen functional groups attached to an aromatic ring is 1. The number of imidazole rings is 1. The minimum atomic E-state index is -4.47. The van der Waals surface area contributed by atoms with E-state index in [2.05, 4.69) is 30.1 Å². The average Bonchev–Trinajstić information content (AvgIpc) is 3.49. The Balaban J connectivity index is 1.76. The summed E-state index contributed by atoms with van der Waals surface area (Å²) in [4.78, 5) is 28.0. The van der Waals surface area contributed by atoms with E-state index in [1.807, 2.05) is 6.92 Å². The Hall–Kier alpha value is -3.98. The Bertz CT molecular complexity index is 1500. The summed E-state index contributed by atoms with van der Waals surface area (Å²) in [7, 11) is -3.09. The zero-order valence-electron chi connectivity index (χ0n) is 23.4. The van der Waals surface area contributed by atoms with Crippen molar-refractivity contribution >= 4 is 30.8 Å². The van der Waals surface area contributed by atoms with Crippen molar-refractivity contribution in [3.63, 3.8) is 0 Å². The molecule has 42 heavy (non-hydrogen) atoms. The van der Waals surface area contributed by atoms with Crippen molar-refractivity contribution in [2.24, 2.45) is 5.11 Å². The van der Waals surface area contributed by atoms with Crippen LogP contribution in [0.5, 0.6) is 11.6 Å². The van der Waals surface area contributed by atoms with Gasteiger partial charge in [0.2, 0.25) is 11.8 Å². The van der Waals surface area contributed by atoms with E-state index in [4.69, 9.17) is 29.0 Å². The minimum Gasteiger partial charge on any atom is -0.479 e. The molecule has 0 spiro atoms. The SMILES string of the molecule is CCCOC(=O)C(C)N[P@](=O)(Oc1ccccc1)O[C@@H]1[C@@H](CO)O[C@@H](n2cnc3c(OC)nc(N)nc32)[C@]1(C)N=[N+]=[N-]. The molecule has 1 fully saturated rings. The number of benzene rings is 1. The molecule has 0 aliphatic carbocycles. The number of carbonyl (C=O) groups is 1. The number of nitrogens with two attached hydrogens (primary N) is 1. The van der Waals surface area contributed by atoms with Gasteiger partial charge in [0.15, 0.2) is 17.4 Å². The molecule has 2 aromatic heterocycles. The summed E-state index contributed by atoms with van der Waals surface area (Å²) in [5.74, 6) is -0.556. The van der Waals surface area contributed by atoms with Crippen molar-refractivity contribution in [2.45, 2.75) is 57.2 Å². The number of nitrogens with zero attached hydrogens (tertiary/aromatic N) is 7. The molecule has 4 N–H and O–H groups in total. The van der Waals surface area contributed by atoms with Crippen molar-refractivity contribution < 1.29 is 37.7 Å². The van der Waals surface area contributed by atoms with Gasteiger partial charge in [0.05, 0.1) is 26.7 Å². The second kappa shape index (κ2) is 12.9. The molecule has 4 rings (SSSR count). The van der Waals surface area contributed by atoms with Crippen LogP contribution in [0.4, 0.5) is 5.95 Å². The van der Waals surface area contributed by atoms with E-state index in [9.17, 15) is 20.0 Å². The second-order valence-corrected chi connectivity index (χ2v) is 11.1. The molecule has 0 radical (unpaired) electrons. The first kappa shape index (κ1) is 31.0. The summed E-state index contributed by atoms with van der Waals surface area (Å²) < 4.78 is 44.1. The number of para-hydroxylation sites is 1.